The summed E-state index contributed by atoms with van der Waals surface area (Å²) in [6, 6.07) is 11.0. The number of halogens is 2. The lowest BCUT2D eigenvalue weighted by molar-refractivity contribution is 0.117. The molecule has 0 fully saturated rings. The Morgan fingerprint density at radius 3 is 2.78 bits per heavy atom. The number of thiazole rings is 1. The molecule has 2 N–H and O–H groups in total. The highest BCUT2D eigenvalue weighted by Crippen LogP contribution is 2.25. The van der Waals surface area contributed by atoms with Crippen LogP contribution in [0.3, 0.4) is 0 Å². The van der Waals surface area contributed by atoms with Crippen molar-refractivity contribution in [3.63, 3.8) is 0 Å². The van der Waals surface area contributed by atoms with E-state index in [4.69, 9.17) is 4.74 Å². The van der Waals surface area contributed by atoms with E-state index < -0.39 is 17.7 Å². The number of aliphatic hydroxyl groups excluding tert-OH is 1. The lowest BCUT2D eigenvalue weighted by Crippen LogP contribution is -2.26. The fourth-order valence-corrected chi connectivity index (χ4v) is 2.84. The average Bonchev–Trinajstić information content (AvgIpc) is 2.97. The summed E-state index contributed by atoms with van der Waals surface area (Å²) in [5, 5.41) is 13.6. The van der Waals surface area contributed by atoms with E-state index in [0.717, 1.165) is 22.3 Å². The minimum absolute atomic E-state index is 0.0387. The van der Waals surface area contributed by atoms with Gasteiger partial charge in [0.15, 0.2) is 16.8 Å². The highest BCUT2D eigenvalue weighted by molar-refractivity contribution is 7.22. The van der Waals surface area contributed by atoms with Crippen molar-refractivity contribution in [2.75, 3.05) is 18.5 Å². The summed E-state index contributed by atoms with van der Waals surface area (Å²) >= 11 is 1.49. The van der Waals surface area contributed by atoms with Gasteiger partial charge in [0.05, 0.1) is 10.2 Å². The molecule has 0 aliphatic rings. The van der Waals surface area contributed by atoms with Gasteiger partial charge in [0.1, 0.15) is 18.5 Å². The molecule has 3 aromatic rings. The van der Waals surface area contributed by atoms with E-state index >= 15 is 0 Å². The molecular weight excluding hydrogens is 322 g/mol. The Labute approximate surface area is 135 Å². The average molecular weight is 336 g/mol. The minimum atomic E-state index is -0.982. The van der Waals surface area contributed by atoms with Gasteiger partial charge in [0.2, 0.25) is 0 Å². The van der Waals surface area contributed by atoms with Gasteiger partial charge in [-0.3, -0.25) is 0 Å². The molecule has 1 unspecified atom stereocenters. The van der Waals surface area contributed by atoms with Crippen molar-refractivity contribution in [3.8, 4) is 5.75 Å². The largest absolute Gasteiger partial charge is 0.491 e. The van der Waals surface area contributed by atoms with Crippen LogP contribution in [-0.2, 0) is 0 Å². The van der Waals surface area contributed by atoms with E-state index in [1.807, 2.05) is 24.3 Å². The molecule has 0 saturated carbocycles. The van der Waals surface area contributed by atoms with E-state index in [-0.39, 0.29) is 18.9 Å². The number of nitrogens with zero attached hydrogens (tertiary/aromatic N) is 1. The molecule has 1 heterocycles. The highest BCUT2D eigenvalue weighted by atomic mass is 32.1. The van der Waals surface area contributed by atoms with Gasteiger partial charge in [0.25, 0.3) is 0 Å². The van der Waals surface area contributed by atoms with Gasteiger partial charge in [-0.15, -0.1) is 0 Å². The van der Waals surface area contributed by atoms with Crippen molar-refractivity contribution in [2.45, 2.75) is 6.10 Å². The number of aliphatic hydroxyl groups is 1. The lowest BCUT2D eigenvalue weighted by atomic mass is 10.3. The quantitative estimate of drug-likeness (QED) is 0.724. The molecule has 0 aliphatic heterocycles. The van der Waals surface area contributed by atoms with Crippen molar-refractivity contribution in [1.29, 1.82) is 0 Å². The summed E-state index contributed by atoms with van der Waals surface area (Å²) in [4.78, 5) is 4.39. The maximum Gasteiger partial charge on any atom is 0.183 e. The molecular formula is C16H14F2N2O2S. The second-order valence-electron chi connectivity index (χ2n) is 4.91. The third kappa shape index (κ3) is 3.94. The molecule has 2 aromatic carbocycles. The summed E-state index contributed by atoms with van der Waals surface area (Å²) in [6.45, 7) is 0.201. The second kappa shape index (κ2) is 6.89. The van der Waals surface area contributed by atoms with E-state index in [0.29, 0.717) is 5.13 Å². The Bertz CT molecular complexity index is 777. The number of hydrogen-bond acceptors (Lipinski definition) is 5. The van der Waals surface area contributed by atoms with Crippen LogP contribution in [0.1, 0.15) is 0 Å². The molecule has 1 aromatic heterocycles. The van der Waals surface area contributed by atoms with Crippen LogP contribution in [0, 0.1) is 11.6 Å². The SMILES string of the molecule is OC(CNc1nc2ccccc2s1)COc1ccc(F)c(F)c1. The van der Waals surface area contributed by atoms with E-state index in [1.165, 1.54) is 17.4 Å². The molecule has 1 atom stereocenters. The Morgan fingerprint density at radius 2 is 2.00 bits per heavy atom. The maximum atomic E-state index is 13.0. The van der Waals surface area contributed by atoms with Crippen LogP contribution >= 0.6 is 11.3 Å². The summed E-state index contributed by atoms with van der Waals surface area (Å²) in [5.74, 6) is -1.75. The summed E-state index contributed by atoms with van der Waals surface area (Å²) in [6.07, 6.45) is -0.810. The lowest BCUT2D eigenvalue weighted by Gasteiger charge is -2.12. The molecule has 0 aliphatic carbocycles. The summed E-state index contributed by atoms with van der Waals surface area (Å²) in [5.41, 5.74) is 0.896. The van der Waals surface area contributed by atoms with Crippen molar-refractivity contribution in [2.24, 2.45) is 0 Å². The number of rotatable bonds is 6. The normalized spacial score (nSPS) is 12.3. The third-order valence-corrected chi connectivity index (χ3v) is 4.11. The van der Waals surface area contributed by atoms with Crippen LogP contribution in [0.4, 0.5) is 13.9 Å². The molecule has 0 saturated heterocycles. The van der Waals surface area contributed by atoms with Gasteiger partial charge in [-0.2, -0.15) is 0 Å². The van der Waals surface area contributed by atoms with E-state index in [1.54, 1.807) is 0 Å². The van der Waals surface area contributed by atoms with Crippen LogP contribution in [0.25, 0.3) is 10.2 Å². The Morgan fingerprint density at radius 1 is 1.17 bits per heavy atom. The van der Waals surface area contributed by atoms with E-state index in [2.05, 4.69) is 10.3 Å². The van der Waals surface area contributed by atoms with Crippen molar-refractivity contribution in [3.05, 3.63) is 54.1 Å². The fourth-order valence-electron chi connectivity index (χ4n) is 1.97. The molecule has 4 nitrogen and oxygen atoms in total. The monoisotopic (exact) mass is 336 g/mol. The number of anilines is 1. The molecule has 0 radical (unpaired) electrons. The van der Waals surface area contributed by atoms with Gasteiger partial charge in [-0.05, 0) is 24.3 Å². The van der Waals surface area contributed by atoms with Gasteiger partial charge in [-0.25, -0.2) is 13.8 Å². The number of aromatic nitrogens is 1. The molecule has 0 spiro atoms. The highest BCUT2D eigenvalue weighted by Gasteiger charge is 2.09. The first-order valence-corrected chi connectivity index (χ1v) is 7.79. The molecule has 3 rings (SSSR count). The molecule has 0 amide bonds. The Balaban J connectivity index is 1.51. The standard InChI is InChI=1S/C16H14F2N2O2S/c17-12-6-5-11(7-13(12)18)22-9-10(21)8-19-16-20-14-3-1-2-4-15(14)23-16/h1-7,10,21H,8-9H2,(H,19,20). The number of nitrogens with one attached hydrogen (secondary N) is 1. The predicted molar refractivity (Wildman–Crippen MR) is 86.0 cm³/mol. The van der Waals surface area contributed by atoms with Crippen LogP contribution in [0.15, 0.2) is 42.5 Å². The number of fused-ring (bicyclic) bond motifs is 1. The second-order valence-corrected chi connectivity index (χ2v) is 5.94. The Hall–Kier alpha value is -2.25. The van der Waals surface area contributed by atoms with Crippen LogP contribution in [0.5, 0.6) is 5.75 Å². The van der Waals surface area contributed by atoms with Gasteiger partial charge in [-0.1, -0.05) is 23.5 Å². The number of hydrogen-bond donors (Lipinski definition) is 2. The smallest absolute Gasteiger partial charge is 0.183 e. The van der Waals surface area contributed by atoms with Gasteiger partial charge < -0.3 is 15.2 Å². The maximum absolute atomic E-state index is 13.0. The molecule has 7 heteroatoms. The molecule has 120 valence electrons. The number of ether oxygens (including phenoxy) is 1. The molecule has 23 heavy (non-hydrogen) atoms. The first-order chi connectivity index (χ1) is 11.1. The van der Waals surface area contributed by atoms with Gasteiger partial charge in [0, 0.05) is 12.6 Å². The van der Waals surface area contributed by atoms with Crippen LogP contribution in [-0.4, -0.2) is 29.3 Å². The first-order valence-electron chi connectivity index (χ1n) is 6.97. The topological polar surface area (TPSA) is 54.4 Å². The molecule has 0 bridgehead atoms. The van der Waals surface area contributed by atoms with E-state index in [9.17, 15) is 13.9 Å². The zero-order chi connectivity index (χ0) is 16.2. The van der Waals surface area contributed by atoms with Crippen LogP contribution in [0.2, 0.25) is 0 Å². The van der Waals surface area contributed by atoms with Crippen molar-refractivity contribution < 1.29 is 18.6 Å². The number of para-hydroxylation sites is 1. The summed E-state index contributed by atoms with van der Waals surface area (Å²) < 4.78 is 32.1. The zero-order valence-electron chi connectivity index (χ0n) is 12.0. The van der Waals surface area contributed by atoms with Gasteiger partial charge >= 0.3 is 0 Å². The zero-order valence-corrected chi connectivity index (χ0v) is 12.8. The Kier molecular flexibility index (Phi) is 4.68. The minimum Gasteiger partial charge on any atom is -0.491 e. The first kappa shape index (κ1) is 15.6. The number of benzene rings is 2. The predicted octanol–water partition coefficient (Wildman–Crippen LogP) is 3.43. The van der Waals surface area contributed by atoms with Crippen LogP contribution < -0.4 is 10.1 Å². The van der Waals surface area contributed by atoms with Crippen molar-refractivity contribution in [1.82, 2.24) is 4.98 Å². The third-order valence-electron chi connectivity index (χ3n) is 3.12. The fraction of sp³-hybridized carbons (Fsp3) is 0.188. The summed E-state index contributed by atoms with van der Waals surface area (Å²) in [7, 11) is 0. The van der Waals surface area contributed by atoms with Crippen molar-refractivity contribution >= 4 is 26.7 Å².